The van der Waals surface area contributed by atoms with Crippen molar-refractivity contribution in [1.29, 1.82) is 0 Å². The number of amides is 2. The van der Waals surface area contributed by atoms with Crippen molar-refractivity contribution in [1.82, 2.24) is 10.2 Å². The Hall–Kier alpha value is -3.44. The molecule has 0 radical (unpaired) electrons. The minimum absolute atomic E-state index is 0.0975. The molecule has 2 N–H and O–H groups in total. The van der Waals surface area contributed by atoms with Gasteiger partial charge in [0.25, 0.3) is 5.91 Å². The van der Waals surface area contributed by atoms with Gasteiger partial charge in [0.05, 0.1) is 12.5 Å². The van der Waals surface area contributed by atoms with Gasteiger partial charge in [0.2, 0.25) is 11.3 Å². The predicted molar refractivity (Wildman–Crippen MR) is 143 cm³/mol. The van der Waals surface area contributed by atoms with Gasteiger partial charge in [0.1, 0.15) is 11.4 Å². The Morgan fingerprint density at radius 3 is 2.29 bits per heavy atom. The first kappa shape index (κ1) is 26.2. The van der Waals surface area contributed by atoms with Gasteiger partial charge in [-0.05, 0) is 40.7 Å². The van der Waals surface area contributed by atoms with Crippen molar-refractivity contribution < 1.29 is 28.8 Å². The van der Waals surface area contributed by atoms with Gasteiger partial charge in [-0.15, -0.1) is 11.3 Å². The van der Waals surface area contributed by atoms with Crippen molar-refractivity contribution in [2.45, 2.75) is 37.0 Å². The molecule has 2 amide bonds. The van der Waals surface area contributed by atoms with Gasteiger partial charge in [-0.3, -0.25) is 14.5 Å². The van der Waals surface area contributed by atoms with E-state index in [9.17, 15) is 24.0 Å². The Bertz CT molecular complexity index is 1300. The monoisotopic (exact) mass is 550 g/mol. The van der Waals surface area contributed by atoms with E-state index < -0.39 is 46.7 Å². The maximum Gasteiger partial charge on any atom is 0.356 e. The third kappa shape index (κ3) is 5.12. The number of aliphatic hydroxyl groups excluding tert-OH is 1. The summed E-state index contributed by atoms with van der Waals surface area (Å²) in [6, 6.07) is 21.0. The molecule has 2 aliphatic heterocycles. The first-order chi connectivity index (χ1) is 18.3. The molecule has 1 fully saturated rings. The lowest BCUT2D eigenvalue weighted by atomic mass is 9.99. The number of benzene rings is 2. The molecule has 0 aliphatic carbocycles. The van der Waals surface area contributed by atoms with Crippen LogP contribution >= 0.6 is 11.3 Å². The summed E-state index contributed by atoms with van der Waals surface area (Å²) in [7, 11) is 0. The maximum absolute atomic E-state index is 13.7. The first-order valence-corrected chi connectivity index (χ1v) is 14.3. The Labute approximate surface area is 227 Å². The van der Waals surface area contributed by atoms with E-state index in [1.807, 2.05) is 78.2 Å². The summed E-state index contributed by atoms with van der Waals surface area (Å²) >= 11 is -0.214. The molecule has 0 bridgehead atoms. The van der Waals surface area contributed by atoms with Gasteiger partial charge in [-0.25, -0.2) is 4.79 Å². The number of fused-ring (bicyclic) bond motifs is 1. The average molecular weight is 551 g/mol. The van der Waals surface area contributed by atoms with E-state index in [2.05, 4.69) is 5.32 Å². The highest BCUT2D eigenvalue weighted by molar-refractivity contribution is 7.92. The molecule has 3 aromatic rings. The minimum Gasteiger partial charge on any atom is -0.614 e. The zero-order chi connectivity index (χ0) is 26.8. The van der Waals surface area contributed by atoms with Crippen LogP contribution < -0.4 is 5.32 Å². The van der Waals surface area contributed by atoms with Crippen LogP contribution in [0.2, 0.25) is 0 Å². The minimum atomic E-state index is -1.64. The first-order valence-electron chi connectivity index (χ1n) is 12.1. The zero-order valence-corrected chi connectivity index (χ0v) is 22.1. The Morgan fingerprint density at radius 1 is 1.11 bits per heavy atom. The largest absolute Gasteiger partial charge is 0.614 e. The Balaban J connectivity index is 1.42. The fraction of sp³-hybridized carbons (Fsp3) is 0.250. The summed E-state index contributed by atoms with van der Waals surface area (Å²) in [5, 5.41) is 14.1. The second-order valence-corrected chi connectivity index (χ2v) is 11.6. The molecule has 196 valence electrons. The number of hydrogen-bond donors (Lipinski definition) is 2. The number of ether oxygens (including phenoxy) is 1. The number of hydrogen-bond acceptors (Lipinski definition) is 7. The zero-order valence-electron chi connectivity index (χ0n) is 20.5. The molecule has 5 rings (SSSR count). The average Bonchev–Trinajstić information content (AvgIpc) is 3.43. The summed E-state index contributed by atoms with van der Waals surface area (Å²) in [6.07, 6.45) is -1.80. The second-order valence-electron chi connectivity index (χ2n) is 9.08. The smallest absolute Gasteiger partial charge is 0.356 e. The predicted octanol–water partition coefficient (Wildman–Crippen LogP) is 2.67. The van der Waals surface area contributed by atoms with E-state index in [4.69, 9.17) is 4.74 Å². The number of aliphatic hydroxyl groups is 1. The summed E-state index contributed by atoms with van der Waals surface area (Å²) < 4.78 is 19.1. The number of rotatable bonds is 8. The molecule has 0 spiro atoms. The maximum atomic E-state index is 13.7. The van der Waals surface area contributed by atoms with Crippen LogP contribution in [-0.2, 0) is 36.7 Å². The van der Waals surface area contributed by atoms with Crippen LogP contribution in [0.4, 0.5) is 0 Å². The number of carbonyl (C=O) groups excluding carboxylic acids is 3. The van der Waals surface area contributed by atoms with Gasteiger partial charge in [-0.1, -0.05) is 66.7 Å². The lowest BCUT2D eigenvalue weighted by molar-refractivity contribution is -0.155. The van der Waals surface area contributed by atoms with E-state index in [1.54, 1.807) is 0 Å². The van der Waals surface area contributed by atoms with Crippen LogP contribution in [0, 0.1) is 0 Å². The number of nitrogens with zero attached hydrogens (tertiary/aromatic N) is 1. The Kier molecular flexibility index (Phi) is 7.66. The van der Waals surface area contributed by atoms with Crippen molar-refractivity contribution in [3.63, 3.8) is 0 Å². The van der Waals surface area contributed by atoms with Gasteiger partial charge in [-0.2, -0.15) is 0 Å². The summed E-state index contributed by atoms with van der Waals surface area (Å²) in [5.74, 6) is -1.86. The van der Waals surface area contributed by atoms with Crippen molar-refractivity contribution >= 4 is 40.3 Å². The summed E-state index contributed by atoms with van der Waals surface area (Å²) in [6.45, 7) is 1.45. The number of carbonyl (C=O) groups is 3. The normalized spacial score (nSPS) is 21.5. The molecule has 0 saturated carbocycles. The SMILES string of the molecule is CC(O)C1=C(C(=O)OC(c2ccccc2)c2ccccc2)N2C(=O)C(NC(=O)Cc3cccs3)[C@H]2[S+]([O-])C1. The third-order valence-corrected chi connectivity index (χ3v) is 9.01. The van der Waals surface area contributed by atoms with E-state index in [0.717, 1.165) is 20.9 Å². The van der Waals surface area contributed by atoms with Crippen molar-refractivity contribution in [2.75, 3.05) is 5.75 Å². The number of thiophene rings is 1. The molecular formula is C28H26N2O6S2. The third-order valence-electron chi connectivity index (χ3n) is 6.51. The van der Waals surface area contributed by atoms with Gasteiger partial charge >= 0.3 is 5.97 Å². The second kappa shape index (κ2) is 11.1. The van der Waals surface area contributed by atoms with Crippen LogP contribution in [0.15, 0.2) is 89.4 Å². The molecule has 1 aromatic heterocycles. The lowest BCUT2D eigenvalue weighted by Crippen LogP contribution is -2.75. The molecule has 2 aliphatic rings. The molecular weight excluding hydrogens is 524 g/mol. The van der Waals surface area contributed by atoms with Crippen molar-refractivity contribution in [3.8, 4) is 0 Å². The van der Waals surface area contributed by atoms with Crippen LogP contribution in [-0.4, -0.2) is 55.6 Å². The topological polar surface area (TPSA) is 119 Å². The fourth-order valence-electron chi connectivity index (χ4n) is 4.66. The summed E-state index contributed by atoms with van der Waals surface area (Å²) in [5.41, 5.74) is 1.52. The van der Waals surface area contributed by atoms with E-state index >= 15 is 0 Å². The fourth-order valence-corrected chi connectivity index (χ4v) is 7.15. The van der Waals surface area contributed by atoms with Crippen LogP contribution in [0.1, 0.15) is 29.0 Å². The van der Waals surface area contributed by atoms with Crippen LogP contribution in [0.25, 0.3) is 0 Å². The highest BCUT2D eigenvalue weighted by Crippen LogP contribution is 2.39. The Morgan fingerprint density at radius 2 is 1.74 bits per heavy atom. The van der Waals surface area contributed by atoms with Crippen LogP contribution in [0.5, 0.6) is 0 Å². The standard InChI is InChI=1S/C28H26N2O6S2/c1-17(31)21-16-38(35)27-23(29-22(32)15-20-13-8-14-37-20)26(33)30(27)24(21)28(34)36-25(18-9-4-2-5-10-18)19-11-6-3-7-12-19/h2-14,17,23,25,27,31H,15-16H2,1H3,(H,29,32)/t17?,23?,27-,38?/m1/s1. The molecule has 2 aromatic carbocycles. The van der Waals surface area contributed by atoms with E-state index in [1.165, 1.54) is 18.3 Å². The number of β-lactam (4-membered cyclic amide) rings is 1. The number of esters is 1. The lowest BCUT2D eigenvalue weighted by Gasteiger charge is -2.49. The molecule has 4 atom stereocenters. The highest BCUT2D eigenvalue weighted by Gasteiger charge is 2.61. The van der Waals surface area contributed by atoms with Crippen molar-refractivity contribution in [3.05, 3.63) is 105 Å². The van der Waals surface area contributed by atoms with E-state index in [-0.39, 0.29) is 29.4 Å². The molecule has 1 saturated heterocycles. The number of nitrogens with one attached hydrogen (secondary N) is 1. The quantitative estimate of drug-likeness (QED) is 0.253. The molecule has 3 heterocycles. The van der Waals surface area contributed by atoms with E-state index in [0.29, 0.717) is 0 Å². The van der Waals surface area contributed by atoms with Gasteiger partial charge in [0, 0.05) is 10.5 Å². The molecule has 10 heteroatoms. The molecule has 3 unspecified atom stereocenters. The molecule has 38 heavy (non-hydrogen) atoms. The molecule has 8 nitrogen and oxygen atoms in total. The van der Waals surface area contributed by atoms with Gasteiger partial charge in [0.15, 0.2) is 12.1 Å². The summed E-state index contributed by atoms with van der Waals surface area (Å²) in [4.78, 5) is 41.5. The van der Waals surface area contributed by atoms with Crippen molar-refractivity contribution in [2.24, 2.45) is 0 Å². The van der Waals surface area contributed by atoms with Crippen LogP contribution in [0.3, 0.4) is 0 Å². The van der Waals surface area contributed by atoms with Gasteiger partial charge < -0.3 is 19.7 Å². The highest BCUT2D eigenvalue weighted by atomic mass is 32.2.